The molecular weight excluding hydrogens is 314 g/mol. The van der Waals surface area contributed by atoms with Crippen molar-refractivity contribution in [2.24, 2.45) is 0 Å². The van der Waals surface area contributed by atoms with Crippen LogP contribution in [0.2, 0.25) is 0 Å². The van der Waals surface area contributed by atoms with Gasteiger partial charge < -0.3 is 19.3 Å². The molecule has 0 radical (unpaired) electrons. The van der Waals surface area contributed by atoms with Gasteiger partial charge >= 0.3 is 0 Å². The molecule has 1 aliphatic rings. The Kier molecular flexibility index (Phi) is 4.54. The molecule has 1 unspecified atom stereocenters. The molecule has 1 atom stereocenters. The van der Waals surface area contributed by atoms with E-state index in [4.69, 9.17) is 14.2 Å². The quantitative estimate of drug-likeness (QED) is 0.895. The number of nitrogens with one attached hydrogen (secondary N) is 1. The third kappa shape index (κ3) is 3.04. The van der Waals surface area contributed by atoms with Gasteiger partial charge in [0.2, 0.25) is 0 Å². The fraction of sp³-hybridized carbons (Fsp3) is 0.294. The van der Waals surface area contributed by atoms with E-state index in [0.717, 1.165) is 28.5 Å². The summed E-state index contributed by atoms with van der Waals surface area (Å²) in [6.45, 7) is 0.733. The molecule has 2 aromatic carbocycles. The van der Waals surface area contributed by atoms with Crippen molar-refractivity contribution in [1.82, 2.24) is 5.32 Å². The highest BCUT2D eigenvalue weighted by atomic mass is 32.2. The first kappa shape index (κ1) is 15.8. The van der Waals surface area contributed by atoms with Gasteiger partial charge in [-0.15, -0.1) is 11.8 Å². The number of rotatable bonds is 4. The van der Waals surface area contributed by atoms with Crippen molar-refractivity contribution in [2.45, 2.75) is 16.8 Å². The number of hydrogen-bond donors (Lipinski definition) is 2. The summed E-state index contributed by atoms with van der Waals surface area (Å²) in [6, 6.07) is 9.41. The second-order valence-corrected chi connectivity index (χ2v) is 6.27. The zero-order valence-corrected chi connectivity index (χ0v) is 14.1. The Morgan fingerprint density at radius 2 is 1.70 bits per heavy atom. The lowest BCUT2D eigenvalue weighted by atomic mass is 10.1. The van der Waals surface area contributed by atoms with E-state index >= 15 is 0 Å². The predicted molar refractivity (Wildman–Crippen MR) is 89.6 cm³/mol. The van der Waals surface area contributed by atoms with Gasteiger partial charge in [0.1, 0.15) is 0 Å². The van der Waals surface area contributed by atoms with Gasteiger partial charge in [-0.25, -0.2) is 0 Å². The molecule has 5 nitrogen and oxygen atoms in total. The summed E-state index contributed by atoms with van der Waals surface area (Å²) >= 11 is 1.70. The molecule has 0 aliphatic carbocycles. The Morgan fingerprint density at radius 3 is 2.39 bits per heavy atom. The lowest BCUT2D eigenvalue weighted by Crippen LogP contribution is -2.22. The highest BCUT2D eigenvalue weighted by Crippen LogP contribution is 2.44. The molecular formula is C17H19NO4S. The number of hydrogen-bond acceptors (Lipinski definition) is 6. The average molecular weight is 333 g/mol. The molecule has 122 valence electrons. The number of aromatic hydroxyl groups is 1. The molecule has 0 saturated heterocycles. The van der Waals surface area contributed by atoms with Crippen LogP contribution >= 0.6 is 11.8 Å². The average Bonchev–Trinajstić information content (AvgIpc) is 2.60. The minimum Gasteiger partial charge on any atom is -0.504 e. The van der Waals surface area contributed by atoms with Gasteiger partial charge in [-0.1, -0.05) is 6.07 Å². The van der Waals surface area contributed by atoms with Crippen LogP contribution in [0.3, 0.4) is 0 Å². The normalized spacial score (nSPS) is 16.6. The summed E-state index contributed by atoms with van der Waals surface area (Å²) < 4.78 is 15.9. The topological polar surface area (TPSA) is 60.0 Å². The van der Waals surface area contributed by atoms with Gasteiger partial charge in [-0.05, 0) is 35.4 Å². The molecule has 0 saturated carbocycles. The van der Waals surface area contributed by atoms with Crippen LogP contribution in [0.15, 0.2) is 35.2 Å². The second-order valence-electron chi connectivity index (χ2n) is 5.12. The van der Waals surface area contributed by atoms with Crippen LogP contribution in [0, 0.1) is 0 Å². The van der Waals surface area contributed by atoms with Crippen molar-refractivity contribution < 1.29 is 19.3 Å². The van der Waals surface area contributed by atoms with Crippen LogP contribution < -0.4 is 19.5 Å². The van der Waals surface area contributed by atoms with E-state index in [1.54, 1.807) is 39.2 Å². The largest absolute Gasteiger partial charge is 0.504 e. The molecule has 1 aliphatic heterocycles. The number of phenols is 1. The summed E-state index contributed by atoms with van der Waals surface area (Å²) in [5.41, 5.74) is 2.22. The Bertz CT molecular complexity index is 720. The number of thioether (sulfide) groups is 1. The first-order valence-electron chi connectivity index (χ1n) is 7.18. The fourth-order valence-corrected chi connectivity index (χ4v) is 3.73. The SMILES string of the molecule is COc1cc(C2NCc3cc(OC)c(OC)cc3S2)ccc1O. The zero-order chi connectivity index (χ0) is 16.4. The summed E-state index contributed by atoms with van der Waals surface area (Å²) in [7, 11) is 4.82. The van der Waals surface area contributed by atoms with E-state index in [1.165, 1.54) is 5.56 Å². The Hall–Kier alpha value is -2.05. The van der Waals surface area contributed by atoms with Gasteiger partial charge in [0.15, 0.2) is 23.0 Å². The third-order valence-electron chi connectivity index (χ3n) is 3.80. The van der Waals surface area contributed by atoms with E-state index in [1.807, 2.05) is 24.3 Å². The molecule has 0 fully saturated rings. The van der Waals surface area contributed by atoms with Crippen molar-refractivity contribution in [3.8, 4) is 23.0 Å². The lowest BCUT2D eigenvalue weighted by Gasteiger charge is -2.27. The van der Waals surface area contributed by atoms with E-state index in [0.29, 0.717) is 5.75 Å². The number of phenolic OH excluding ortho intramolecular Hbond substituents is 1. The van der Waals surface area contributed by atoms with Gasteiger partial charge in [-0.2, -0.15) is 0 Å². The molecule has 0 bridgehead atoms. The number of ether oxygens (including phenoxy) is 3. The first-order chi connectivity index (χ1) is 11.2. The van der Waals surface area contributed by atoms with E-state index < -0.39 is 0 Å². The standard InChI is InChI=1S/C17H19NO4S/c1-20-13-6-10(4-5-12(13)19)17-18-9-11-7-14(21-2)15(22-3)8-16(11)23-17/h4-8,17-19H,9H2,1-3H3. The van der Waals surface area contributed by atoms with Crippen LogP contribution in [0.1, 0.15) is 16.5 Å². The van der Waals surface area contributed by atoms with Crippen LogP contribution in [-0.2, 0) is 6.54 Å². The van der Waals surface area contributed by atoms with Crippen molar-refractivity contribution in [1.29, 1.82) is 0 Å². The second kappa shape index (κ2) is 6.60. The fourth-order valence-electron chi connectivity index (χ4n) is 2.56. The maximum atomic E-state index is 9.73. The number of methoxy groups -OCH3 is 3. The third-order valence-corrected chi connectivity index (χ3v) is 5.10. The molecule has 23 heavy (non-hydrogen) atoms. The molecule has 2 N–H and O–H groups in total. The maximum absolute atomic E-state index is 9.73. The smallest absolute Gasteiger partial charge is 0.161 e. The predicted octanol–water partition coefficient (Wildman–Crippen LogP) is 3.31. The highest BCUT2D eigenvalue weighted by Gasteiger charge is 2.23. The van der Waals surface area contributed by atoms with E-state index in [9.17, 15) is 5.11 Å². The Balaban J connectivity index is 1.90. The van der Waals surface area contributed by atoms with E-state index in [-0.39, 0.29) is 11.1 Å². The Morgan fingerprint density at radius 1 is 1.00 bits per heavy atom. The highest BCUT2D eigenvalue weighted by molar-refractivity contribution is 7.99. The zero-order valence-electron chi connectivity index (χ0n) is 13.3. The number of fused-ring (bicyclic) bond motifs is 1. The van der Waals surface area contributed by atoms with Crippen LogP contribution in [0.25, 0.3) is 0 Å². The van der Waals surface area contributed by atoms with Gasteiger partial charge in [0, 0.05) is 11.4 Å². The monoisotopic (exact) mass is 333 g/mol. The maximum Gasteiger partial charge on any atom is 0.161 e. The minimum absolute atomic E-state index is 0.0788. The van der Waals surface area contributed by atoms with Crippen LogP contribution in [-0.4, -0.2) is 26.4 Å². The molecule has 2 aromatic rings. The van der Waals surface area contributed by atoms with Gasteiger partial charge in [0.05, 0.1) is 26.7 Å². The molecule has 0 aromatic heterocycles. The van der Waals surface area contributed by atoms with Crippen LogP contribution in [0.5, 0.6) is 23.0 Å². The van der Waals surface area contributed by atoms with Crippen LogP contribution in [0.4, 0.5) is 0 Å². The lowest BCUT2D eigenvalue weighted by molar-refractivity contribution is 0.353. The summed E-state index contributed by atoms with van der Waals surface area (Å²) in [4.78, 5) is 1.15. The van der Waals surface area contributed by atoms with Crippen molar-refractivity contribution in [3.63, 3.8) is 0 Å². The summed E-state index contributed by atoms with van der Waals surface area (Å²) in [6.07, 6.45) is 0. The van der Waals surface area contributed by atoms with Gasteiger partial charge in [-0.3, -0.25) is 5.32 Å². The number of benzene rings is 2. The van der Waals surface area contributed by atoms with Crippen molar-refractivity contribution in [2.75, 3.05) is 21.3 Å². The minimum atomic E-state index is 0.0788. The van der Waals surface area contributed by atoms with Crippen molar-refractivity contribution >= 4 is 11.8 Å². The molecule has 0 spiro atoms. The molecule has 1 heterocycles. The molecule has 0 amide bonds. The first-order valence-corrected chi connectivity index (χ1v) is 8.06. The van der Waals surface area contributed by atoms with E-state index in [2.05, 4.69) is 5.32 Å². The van der Waals surface area contributed by atoms with Crippen molar-refractivity contribution in [3.05, 3.63) is 41.5 Å². The van der Waals surface area contributed by atoms with Gasteiger partial charge in [0.25, 0.3) is 0 Å². The Labute approximate surface area is 139 Å². The molecule has 6 heteroatoms. The molecule has 3 rings (SSSR count). The summed E-state index contributed by atoms with van der Waals surface area (Å²) in [5, 5.41) is 13.3. The summed E-state index contributed by atoms with van der Waals surface area (Å²) in [5.74, 6) is 2.08.